The van der Waals surface area contributed by atoms with Gasteiger partial charge in [0.1, 0.15) is 0 Å². The number of hydrogen-bond acceptors (Lipinski definition) is 2. The first-order chi connectivity index (χ1) is 9.08. The van der Waals surface area contributed by atoms with Crippen LogP contribution >= 0.6 is 0 Å². The molecule has 0 bridgehead atoms. The zero-order valence-electron chi connectivity index (χ0n) is 11.7. The van der Waals surface area contributed by atoms with Crippen LogP contribution in [-0.2, 0) is 11.2 Å². The number of carbonyl (C=O) groups is 2. The molecule has 1 aromatic carbocycles. The zero-order chi connectivity index (χ0) is 13.8. The highest BCUT2D eigenvalue weighted by Crippen LogP contribution is 2.13. The van der Waals surface area contributed by atoms with Crippen molar-refractivity contribution in [2.24, 2.45) is 5.92 Å². The maximum absolute atomic E-state index is 12.1. The fourth-order valence-corrected chi connectivity index (χ4v) is 2.45. The van der Waals surface area contributed by atoms with Gasteiger partial charge in [-0.2, -0.15) is 0 Å². The van der Waals surface area contributed by atoms with Gasteiger partial charge in [0.25, 0.3) is 5.91 Å². The molecule has 19 heavy (non-hydrogen) atoms. The molecule has 1 aromatic rings. The van der Waals surface area contributed by atoms with Gasteiger partial charge in [-0.1, -0.05) is 38.1 Å². The van der Waals surface area contributed by atoms with Gasteiger partial charge in [-0.25, -0.2) is 0 Å². The molecule has 1 saturated heterocycles. The third-order valence-corrected chi connectivity index (χ3v) is 3.45. The third-order valence-electron chi connectivity index (χ3n) is 3.45. The molecule has 1 amide bonds. The number of rotatable bonds is 4. The largest absolute Gasteiger partial charge is 0.336 e. The lowest BCUT2D eigenvalue weighted by Gasteiger charge is -2.14. The summed E-state index contributed by atoms with van der Waals surface area (Å²) in [4.78, 5) is 25.7. The lowest BCUT2D eigenvalue weighted by molar-refractivity contribution is -0.125. The maximum atomic E-state index is 12.1. The molecule has 0 N–H and O–H groups in total. The van der Waals surface area contributed by atoms with Gasteiger partial charge >= 0.3 is 0 Å². The standard InChI is InChI=1S/C16H21NO2/c1-12(2)11-13-5-7-14(8-6-13)15(18)16(19)17-9-3-4-10-17/h5-8,12H,3-4,9-11H2,1-2H3. The van der Waals surface area contributed by atoms with Crippen LogP contribution in [-0.4, -0.2) is 29.7 Å². The predicted octanol–water partition coefficient (Wildman–Crippen LogP) is 2.69. The van der Waals surface area contributed by atoms with Gasteiger partial charge in [-0.15, -0.1) is 0 Å². The van der Waals surface area contributed by atoms with Crippen LogP contribution in [0.4, 0.5) is 0 Å². The van der Waals surface area contributed by atoms with Crippen LogP contribution in [0.15, 0.2) is 24.3 Å². The SMILES string of the molecule is CC(C)Cc1ccc(C(=O)C(=O)N2CCCC2)cc1. The molecular weight excluding hydrogens is 238 g/mol. The lowest BCUT2D eigenvalue weighted by Crippen LogP contribution is -2.34. The Bertz CT molecular complexity index is 456. The molecule has 0 atom stereocenters. The summed E-state index contributed by atoms with van der Waals surface area (Å²) >= 11 is 0. The van der Waals surface area contributed by atoms with E-state index in [4.69, 9.17) is 0 Å². The Hall–Kier alpha value is -1.64. The summed E-state index contributed by atoms with van der Waals surface area (Å²) in [5.74, 6) is -0.139. The van der Waals surface area contributed by atoms with E-state index in [1.54, 1.807) is 17.0 Å². The van der Waals surface area contributed by atoms with Crippen LogP contribution in [0.1, 0.15) is 42.6 Å². The van der Waals surface area contributed by atoms with Gasteiger partial charge in [0, 0.05) is 18.7 Å². The summed E-state index contributed by atoms with van der Waals surface area (Å²) in [5, 5.41) is 0. The molecule has 102 valence electrons. The number of Topliss-reactive ketones (excluding diaryl/α,β-unsaturated/α-hetero) is 1. The summed E-state index contributed by atoms with van der Waals surface area (Å²) in [6.45, 7) is 5.76. The molecule has 0 saturated carbocycles. The second-order valence-electron chi connectivity index (χ2n) is 5.62. The molecule has 1 fully saturated rings. The highest BCUT2D eigenvalue weighted by atomic mass is 16.2. The molecule has 1 aliphatic rings. The van der Waals surface area contributed by atoms with Crippen LogP contribution in [0.2, 0.25) is 0 Å². The summed E-state index contributed by atoms with van der Waals surface area (Å²) in [6.07, 6.45) is 3.01. The van der Waals surface area contributed by atoms with Gasteiger partial charge in [-0.05, 0) is 30.7 Å². The average molecular weight is 259 g/mol. The quantitative estimate of drug-likeness (QED) is 0.616. The zero-order valence-corrected chi connectivity index (χ0v) is 11.7. The van der Waals surface area contributed by atoms with Gasteiger partial charge in [-0.3, -0.25) is 9.59 Å². The van der Waals surface area contributed by atoms with Crippen molar-refractivity contribution in [3.8, 4) is 0 Å². The highest BCUT2D eigenvalue weighted by molar-refractivity contribution is 6.42. The van der Waals surface area contributed by atoms with Crippen LogP contribution in [0.5, 0.6) is 0 Å². The average Bonchev–Trinajstić information content (AvgIpc) is 2.91. The van der Waals surface area contributed by atoms with Crippen LogP contribution in [0.3, 0.4) is 0 Å². The molecule has 1 aliphatic heterocycles. The normalized spacial score (nSPS) is 15.0. The van der Waals surface area contributed by atoms with Crippen LogP contribution in [0, 0.1) is 5.92 Å². The van der Waals surface area contributed by atoms with Crippen molar-refractivity contribution in [2.75, 3.05) is 13.1 Å². The van der Waals surface area contributed by atoms with E-state index in [1.165, 1.54) is 5.56 Å². The van der Waals surface area contributed by atoms with E-state index < -0.39 is 0 Å². The maximum Gasteiger partial charge on any atom is 0.294 e. The van der Waals surface area contributed by atoms with E-state index in [2.05, 4.69) is 13.8 Å². The molecule has 0 aliphatic carbocycles. The minimum Gasteiger partial charge on any atom is -0.336 e. The van der Waals surface area contributed by atoms with Crippen molar-refractivity contribution in [1.82, 2.24) is 4.90 Å². The second kappa shape index (κ2) is 6.00. The van der Waals surface area contributed by atoms with Gasteiger partial charge in [0.2, 0.25) is 5.78 Å². The number of hydrogen-bond donors (Lipinski definition) is 0. The molecule has 1 heterocycles. The molecule has 3 heteroatoms. The number of nitrogens with zero attached hydrogens (tertiary/aromatic N) is 1. The first-order valence-electron chi connectivity index (χ1n) is 7.00. The fraction of sp³-hybridized carbons (Fsp3) is 0.500. The Morgan fingerprint density at radius 3 is 2.21 bits per heavy atom. The Labute approximate surface area is 114 Å². The first-order valence-corrected chi connectivity index (χ1v) is 7.00. The van der Waals surface area contributed by atoms with Crippen LogP contribution in [0.25, 0.3) is 0 Å². The number of carbonyl (C=O) groups excluding carboxylic acids is 2. The number of benzene rings is 1. The summed E-state index contributed by atoms with van der Waals surface area (Å²) in [6, 6.07) is 7.44. The Morgan fingerprint density at radius 1 is 1.11 bits per heavy atom. The van der Waals surface area contributed by atoms with E-state index >= 15 is 0 Å². The minimum absolute atomic E-state index is 0.353. The van der Waals surface area contributed by atoms with E-state index in [-0.39, 0.29) is 11.7 Å². The number of ketones is 1. The topological polar surface area (TPSA) is 37.4 Å². The van der Waals surface area contributed by atoms with Crippen molar-refractivity contribution in [3.05, 3.63) is 35.4 Å². The van der Waals surface area contributed by atoms with Crippen molar-refractivity contribution in [1.29, 1.82) is 0 Å². The monoisotopic (exact) mass is 259 g/mol. The van der Waals surface area contributed by atoms with Crippen molar-refractivity contribution < 1.29 is 9.59 Å². The minimum atomic E-state index is -0.377. The van der Waals surface area contributed by atoms with E-state index in [9.17, 15) is 9.59 Å². The molecule has 0 aromatic heterocycles. The highest BCUT2D eigenvalue weighted by Gasteiger charge is 2.25. The van der Waals surface area contributed by atoms with Crippen molar-refractivity contribution in [2.45, 2.75) is 33.1 Å². The molecule has 0 unspecified atom stereocenters. The summed E-state index contributed by atoms with van der Waals surface area (Å²) < 4.78 is 0. The molecule has 3 nitrogen and oxygen atoms in total. The number of likely N-dealkylation sites (tertiary alicyclic amines) is 1. The van der Waals surface area contributed by atoms with E-state index in [1.807, 2.05) is 12.1 Å². The Kier molecular flexibility index (Phi) is 4.35. The first kappa shape index (κ1) is 13.8. The van der Waals surface area contributed by atoms with Gasteiger partial charge in [0.15, 0.2) is 0 Å². The second-order valence-corrected chi connectivity index (χ2v) is 5.62. The molecule has 0 spiro atoms. The lowest BCUT2D eigenvalue weighted by atomic mass is 10.0. The van der Waals surface area contributed by atoms with Gasteiger partial charge in [0.05, 0.1) is 0 Å². The van der Waals surface area contributed by atoms with E-state index in [0.717, 1.165) is 32.4 Å². The van der Waals surface area contributed by atoms with Crippen molar-refractivity contribution >= 4 is 11.7 Å². The van der Waals surface area contributed by atoms with Gasteiger partial charge < -0.3 is 4.90 Å². The fourth-order valence-electron chi connectivity index (χ4n) is 2.45. The third kappa shape index (κ3) is 3.43. The number of amides is 1. The molecule has 2 rings (SSSR count). The molecule has 0 radical (unpaired) electrons. The smallest absolute Gasteiger partial charge is 0.294 e. The summed E-state index contributed by atoms with van der Waals surface area (Å²) in [5.41, 5.74) is 1.71. The van der Waals surface area contributed by atoms with Crippen molar-refractivity contribution in [3.63, 3.8) is 0 Å². The summed E-state index contributed by atoms with van der Waals surface area (Å²) in [7, 11) is 0. The van der Waals surface area contributed by atoms with Crippen LogP contribution < -0.4 is 0 Å². The molecular formula is C16H21NO2. The Balaban J connectivity index is 2.04. The van der Waals surface area contributed by atoms with E-state index in [0.29, 0.717) is 11.5 Å². The predicted molar refractivity (Wildman–Crippen MR) is 75.1 cm³/mol. The Morgan fingerprint density at radius 2 is 1.68 bits per heavy atom.